The van der Waals surface area contributed by atoms with Gasteiger partial charge in [0.25, 0.3) is 5.56 Å². The SMILES string of the molecule is Cn1c(=O)c2[n-]cnc2n(Cc2ccco2)c1=O.[Na+]. The third-order valence-corrected chi connectivity index (χ3v) is 2.75. The Kier molecular flexibility index (Phi) is 3.79. The largest absolute Gasteiger partial charge is 1.00 e. The van der Waals surface area contributed by atoms with Crippen LogP contribution >= 0.6 is 0 Å². The van der Waals surface area contributed by atoms with Gasteiger partial charge in [0.2, 0.25) is 0 Å². The molecule has 0 aliphatic heterocycles. The summed E-state index contributed by atoms with van der Waals surface area (Å²) >= 11 is 0. The first-order valence-corrected chi connectivity index (χ1v) is 5.28. The summed E-state index contributed by atoms with van der Waals surface area (Å²) in [5.41, 5.74) is -0.421. The van der Waals surface area contributed by atoms with Crippen LogP contribution < -0.4 is 45.8 Å². The van der Waals surface area contributed by atoms with Gasteiger partial charge in [-0.3, -0.25) is 13.9 Å². The van der Waals surface area contributed by atoms with Crippen molar-refractivity contribution >= 4 is 11.2 Å². The van der Waals surface area contributed by atoms with Gasteiger partial charge in [0.15, 0.2) is 0 Å². The molecule has 0 unspecified atom stereocenters. The Morgan fingerprint density at radius 1 is 1.42 bits per heavy atom. The molecule has 0 aliphatic rings. The number of imidazole rings is 1. The summed E-state index contributed by atoms with van der Waals surface area (Å²) in [4.78, 5) is 31.7. The molecule has 0 bridgehead atoms. The number of hydrogen-bond donors (Lipinski definition) is 0. The van der Waals surface area contributed by atoms with E-state index in [1.807, 2.05) is 0 Å². The number of rotatable bonds is 2. The Bertz CT molecular complexity index is 813. The Hall–Kier alpha value is -1.57. The molecule has 0 aliphatic carbocycles. The summed E-state index contributed by atoms with van der Waals surface area (Å²) in [7, 11) is 1.41. The molecule has 8 heteroatoms. The summed E-state index contributed by atoms with van der Waals surface area (Å²) in [6.45, 7) is 0.217. The van der Waals surface area contributed by atoms with Crippen molar-refractivity contribution in [2.75, 3.05) is 0 Å². The standard InChI is InChI=1S/C11H10N4O3.Na/c1-14-10(16)8-9(13-6-12-8)15(11(14)17)5-7-3-2-4-18-7;/h2-4,6H,5H2,1H3,(H,12,13,16);/q;+1/p-1. The van der Waals surface area contributed by atoms with E-state index in [0.717, 1.165) is 4.57 Å². The fourth-order valence-electron chi connectivity index (χ4n) is 1.83. The van der Waals surface area contributed by atoms with Crippen LogP contribution in [0.4, 0.5) is 0 Å². The number of aromatic nitrogens is 4. The van der Waals surface area contributed by atoms with Crippen LogP contribution in [0.25, 0.3) is 11.2 Å². The second-order valence-corrected chi connectivity index (χ2v) is 3.86. The predicted octanol–water partition coefficient (Wildman–Crippen LogP) is -3.30. The maximum absolute atomic E-state index is 12.0. The van der Waals surface area contributed by atoms with Crippen LogP contribution in [-0.2, 0) is 13.6 Å². The first-order valence-electron chi connectivity index (χ1n) is 5.28. The molecule has 7 nitrogen and oxygen atoms in total. The minimum Gasteiger partial charge on any atom is -0.467 e. The third-order valence-electron chi connectivity index (χ3n) is 2.75. The Morgan fingerprint density at radius 3 is 2.89 bits per heavy atom. The van der Waals surface area contributed by atoms with Gasteiger partial charge in [-0.15, -0.1) is 0 Å². The van der Waals surface area contributed by atoms with Gasteiger partial charge < -0.3 is 14.4 Å². The first-order chi connectivity index (χ1) is 8.68. The molecule has 0 spiro atoms. The molecule has 3 heterocycles. The second kappa shape index (κ2) is 5.20. The van der Waals surface area contributed by atoms with E-state index in [1.165, 1.54) is 24.2 Å². The number of hydrogen-bond acceptors (Lipinski definition) is 4. The Labute approximate surface area is 129 Å². The Balaban J connectivity index is 0.00000133. The van der Waals surface area contributed by atoms with Crippen LogP contribution in [0.3, 0.4) is 0 Å². The van der Waals surface area contributed by atoms with Crippen molar-refractivity contribution in [1.82, 2.24) is 19.1 Å². The molecule has 0 saturated carbocycles. The van der Waals surface area contributed by atoms with Crippen molar-refractivity contribution in [3.05, 3.63) is 51.3 Å². The zero-order chi connectivity index (χ0) is 12.7. The fraction of sp³-hybridized carbons (Fsp3) is 0.182. The topological polar surface area (TPSA) is 84.1 Å². The molecule has 19 heavy (non-hydrogen) atoms. The summed E-state index contributed by atoms with van der Waals surface area (Å²) in [5.74, 6) is 0.611. The smallest absolute Gasteiger partial charge is 0.467 e. The summed E-state index contributed by atoms with van der Waals surface area (Å²) in [5, 5.41) is 0. The van der Waals surface area contributed by atoms with Crippen LogP contribution in [0.1, 0.15) is 5.76 Å². The van der Waals surface area contributed by atoms with Crippen molar-refractivity contribution in [2.45, 2.75) is 6.54 Å². The second-order valence-electron chi connectivity index (χ2n) is 3.86. The Morgan fingerprint density at radius 2 is 2.21 bits per heavy atom. The van der Waals surface area contributed by atoms with E-state index in [9.17, 15) is 9.59 Å². The number of fused-ring (bicyclic) bond motifs is 1. The van der Waals surface area contributed by atoms with E-state index in [1.54, 1.807) is 12.1 Å². The molecule has 3 aromatic heterocycles. The van der Waals surface area contributed by atoms with Crippen LogP contribution in [0.2, 0.25) is 0 Å². The molecular formula is C11H9N4NaO3. The van der Waals surface area contributed by atoms with E-state index >= 15 is 0 Å². The monoisotopic (exact) mass is 268 g/mol. The van der Waals surface area contributed by atoms with E-state index < -0.39 is 11.2 Å². The van der Waals surface area contributed by atoms with Gasteiger partial charge in [0.05, 0.1) is 12.8 Å². The minimum absolute atomic E-state index is 0. The molecule has 0 saturated heterocycles. The first kappa shape index (κ1) is 13.9. The van der Waals surface area contributed by atoms with Gasteiger partial charge in [0, 0.05) is 18.2 Å². The molecule has 0 aromatic carbocycles. The molecule has 92 valence electrons. The van der Waals surface area contributed by atoms with E-state index in [2.05, 4.69) is 9.97 Å². The quantitative estimate of drug-likeness (QED) is 0.455. The van der Waals surface area contributed by atoms with Crippen molar-refractivity contribution in [2.24, 2.45) is 7.05 Å². The molecule has 3 aromatic rings. The van der Waals surface area contributed by atoms with E-state index in [0.29, 0.717) is 5.76 Å². The van der Waals surface area contributed by atoms with Gasteiger partial charge in [0.1, 0.15) is 5.76 Å². The van der Waals surface area contributed by atoms with Gasteiger partial charge >= 0.3 is 35.2 Å². The van der Waals surface area contributed by atoms with E-state index in [4.69, 9.17) is 4.42 Å². The van der Waals surface area contributed by atoms with Crippen LogP contribution in [0, 0.1) is 0 Å². The van der Waals surface area contributed by atoms with Gasteiger partial charge in [-0.2, -0.15) is 0 Å². The molecule has 0 radical (unpaired) electrons. The maximum atomic E-state index is 12.0. The van der Waals surface area contributed by atoms with Crippen molar-refractivity contribution in [1.29, 1.82) is 0 Å². The molecule has 0 N–H and O–H groups in total. The average molecular weight is 268 g/mol. The molecule has 0 atom stereocenters. The van der Waals surface area contributed by atoms with Crippen molar-refractivity contribution in [3.8, 4) is 0 Å². The minimum atomic E-state index is -0.441. The average Bonchev–Trinajstić information content (AvgIpc) is 3.02. The van der Waals surface area contributed by atoms with Crippen molar-refractivity contribution < 1.29 is 34.0 Å². The summed E-state index contributed by atoms with van der Waals surface area (Å²) in [6, 6.07) is 3.48. The van der Waals surface area contributed by atoms with Gasteiger partial charge in [-0.1, -0.05) is 6.33 Å². The molecule has 0 fully saturated rings. The third kappa shape index (κ3) is 2.20. The maximum Gasteiger partial charge on any atom is 1.00 e. The van der Waals surface area contributed by atoms with Gasteiger partial charge in [-0.25, -0.2) is 4.79 Å². The predicted molar refractivity (Wildman–Crippen MR) is 62.4 cm³/mol. The summed E-state index contributed by atoms with van der Waals surface area (Å²) < 4.78 is 7.57. The zero-order valence-electron chi connectivity index (χ0n) is 10.5. The number of nitrogens with zero attached hydrogens (tertiary/aromatic N) is 4. The van der Waals surface area contributed by atoms with Crippen LogP contribution in [0.5, 0.6) is 0 Å². The molecular weight excluding hydrogens is 259 g/mol. The van der Waals surface area contributed by atoms with Crippen LogP contribution in [-0.4, -0.2) is 14.1 Å². The van der Waals surface area contributed by atoms with Gasteiger partial charge in [-0.05, 0) is 12.1 Å². The molecule has 0 amide bonds. The zero-order valence-corrected chi connectivity index (χ0v) is 12.5. The normalized spacial score (nSPS) is 10.6. The van der Waals surface area contributed by atoms with Crippen molar-refractivity contribution in [3.63, 3.8) is 0 Å². The summed E-state index contributed by atoms with van der Waals surface area (Å²) in [6.07, 6.45) is 2.79. The van der Waals surface area contributed by atoms with Crippen LogP contribution in [0.15, 0.2) is 38.7 Å². The molecule has 3 rings (SSSR count). The number of furan rings is 1. The van der Waals surface area contributed by atoms with E-state index in [-0.39, 0.29) is 47.3 Å². The fourth-order valence-corrected chi connectivity index (χ4v) is 1.83.